The number of urea groups is 1. The molecule has 11 nitrogen and oxygen atoms in total. The van der Waals surface area contributed by atoms with Gasteiger partial charge in [0.05, 0.1) is 37.2 Å². The molecule has 5 heterocycles. The number of benzene rings is 1. The molecule has 196 valence electrons. The summed E-state index contributed by atoms with van der Waals surface area (Å²) in [6.45, 7) is -0.296. The molecule has 2 aliphatic heterocycles. The lowest BCUT2D eigenvalue weighted by Gasteiger charge is -2.35. The average Bonchev–Trinajstić information content (AvgIpc) is 3.39. The van der Waals surface area contributed by atoms with Gasteiger partial charge in [-0.1, -0.05) is 5.21 Å². The lowest BCUT2D eigenvalue weighted by molar-refractivity contribution is -0.142. The molecule has 2 N–H and O–H groups in total. The van der Waals surface area contributed by atoms with Gasteiger partial charge in [0.1, 0.15) is 6.54 Å². The van der Waals surface area contributed by atoms with E-state index in [0.717, 1.165) is 17.5 Å². The molecule has 0 aliphatic carbocycles. The Morgan fingerprint density at radius 1 is 1.03 bits per heavy atom. The molecule has 0 radical (unpaired) electrons. The Labute approximate surface area is 214 Å². The monoisotopic (exact) mass is 525 g/mol. The van der Waals surface area contributed by atoms with Crippen LogP contribution in [-0.2, 0) is 11.3 Å². The number of fused-ring (bicyclic) bond motifs is 3. The zero-order valence-electron chi connectivity index (χ0n) is 19.9. The number of hydrogen-bond donors (Lipinski definition) is 2. The topological polar surface area (TPSA) is 123 Å². The second kappa shape index (κ2) is 9.52. The predicted octanol–water partition coefficient (Wildman–Crippen LogP) is 3.86. The lowest BCUT2D eigenvalue weighted by Crippen LogP contribution is -2.46. The summed E-state index contributed by atoms with van der Waals surface area (Å²) in [5, 5.41) is 13.2. The number of pyridine rings is 1. The van der Waals surface area contributed by atoms with Crippen LogP contribution in [0.15, 0.2) is 48.8 Å². The molecule has 38 heavy (non-hydrogen) atoms. The quantitative estimate of drug-likeness (QED) is 0.403. The molecule has 14 heteroatoms. The van der Waals surface area contributed by atoms with E-state index < -0.39 is 18.8 Å². The minimum absolute atomic E-state index is 0.00580. The van der Waals surface area contributed by atoms with Gasteiger partial charge in [-0.25, -0.2) is 19.4 Å². The van der Waals surface area contributed by atoms with Crippen LogP contribution >= 0.6 is 0 Å². The van der Waals surface area contributed by atoms with Crippen LogP contribution in [0.2, 0.25) is 0 Å². The lowest BCUT2D eigenvalue weighted by atomic mass is 10.2. The second-order valence-electron chi connectivity index (χ2n) is 9.13. The fraction of sp³-hybridized carbons (Fsp3) is 0.333. The van der Waals surface area contributed by atoms with Gasteiger partial charge in [-0.2, -0.15) is 13.2 Å². The summed E-state index contributed by atoms with van der Waals surface area (Å²) < 4.78 is 46.2. The maximum atomic E-state index is 13.2. The standard InChI is InChI=1S/C24H22F3N9O2/c25-24(26,27)13-35-21-19(33-34-35)22(36-17-7-8-18(36)12-38-11-17)32-20(31-21)14-3-5-15(6-4-14)29-23(37)30-16-2-1-9-28-10-16/h1-6,9-10,17-18H,7-8,11-13H2,(H2,29,30,37)/t17-,18+. The van der Waals surface area contributed by atoms with E-state index in [2.05, 4.69) is 35.8 Å². The summed E-state index contributed by atoms with van der Waals surface area (Å²) in [5.41, 5.74) is 1.84. The third kappa shape index (κ3) is 4.81. The van der Waals surface area contributed by atoms with Crippen molar-refractivity contribution in [1.82, 2.24) is 29.9 Å². The Morgan fingerprint density at radius 3 is 2.45 bits per heavy atom. The first-order valence-corrected chi connectivity index (χ1v) is 12.0. The van der Waals surface area contributed by atoms with Crippen LogP contribution in [0, 0.1) is 0 Å². The van der Waals surface area contributed by atoms with Gasteiger partial charge in [0.15, 0.2) is 22.8 Å². The first kappa shape index (κ1) is 24.0. The molecule has 3 aromatic heterocycles. The Balaban J connectivity index is 1.32. The maximum absolute atomic E-state index is 13.2. The maximum Gasteiger partial charge on any atom is 0.408 e. The SMILES string of the molecule is O=C(Nc1ccc(-c2nc(N3[C@@H]4CC[C@H]3COC4)c3nnn(CC(F)(F)F)c3n2)cc1)Nc1cccnc1. The van der Waals surface area contributed by atoms with E-state index in [0.29, 0.717) is 36.0 Å². The second-order valence-corrected chi connectivity index (χ2v) is 9.13. The summed E-state index contributed by atoms with van der Waals surface area (Å²) in [6, 6.07) is 9.77. The molecule has 4 aromatic rings. The number of carbonyl (C=O) groups is 1. The number of nitrogens with one attached hydrogen (secondary N) is 2. The number of carbonyl (C=O) groups excluding carboxylic acids is 1. The highest BCUT2D eigenvalue weighted by molar-refractivity contribution is 5.99. The van der Waals surface area contributed by atoms with Crippen molar-refractivity contribution in [1.29, 1.82) is 0 Å². The molecule has 2 bridgehead atoms. The van der Waals surface area contributed by atoms with E-state index in [1.54, 1.807) is 42.6 Å². The van der Waals surface area contributed by atoms with Crippen molar-refractivity contribution in [2.24, 2.45) is 0 Å². The van der Waals surface area contributed by atoms with Crippen LogP contribution in [-0.4, -0.2) is 67.5 Å². The number of morpholine rings is 1. The zero-order chi connectivity index (χ0) is 26.3. The molecule has 2 fully saturated rings. The molecular weight excluding hydrogens is 503 g/mol. The van der Waals surface area contributed by atoms with E-state index in [1.165, 1.54) is 6.20 Å². The molecule has 2 atom stereocenters. The number of hydrogen-bond acceptors (Lipinski definition) is 8. The van der Waals surface area contributed by atoms with Crippen molar-refractivity contribution in [3.63, 3.8) is 0 Å². The summed E-state index contributed by atoms with van der Waals surface area (Å²) in [7, 11) is 0. The van der Waals surface area contributed by atoms with Crippen molar-refractivity contribution in [3.05, 3.63) is 48.8 Å². The Morgan fingerprint density at radius 2 is 1.76 bits per heavy atom. The zero-order valence-corrected chi connectivity index (χ0v) is 19.9. The molecule has 6 rings (SSSR count). The number of aromatic nitrogens is 6. The number of ether oxygens (including phenoxy) is 1. The molecular formula is C24H22F3N9O2. The minimum Gasteiger partial charge on any atom is -0.377 e. The summed E-state index contributed by atoms with van der Waals surface area (Å²) in [6.07, 6.45) is 0.413. The fourth-order valence-corrected chi connectivity index (χ4v) is 4.83. The van der Waals surface area contributed by atoms with Crippen molar-refractivity contribution in [2.45, 2.75) is 37.6 Å². The van der Waals surface area contributed by atoms with Crippen molar-refractivity contribution < 1.29 is 22.7 Å². The Hall–Kier alpha value is -4.33. The highest BCUT2D eigenvalue weighted by Gasteiger charge is 2.40. The fourth-order valence-electron chi connectivity index (χ4n) is 4.83. The van der Waals surface area contributed by atoms with Crippen molar-refractivity contribution in [3.8, 4) is 11.4 Å². The van der Waals surface area contributed by atoms with Crippen LogP contribution in [0.5, 0.6) is 0 Å². The van der Waals surface area contributed by atoms with Crippen LogP contribution < -0.4 is 15.5 Å². The van der Waals surface area contributed by atoms with E-state index >= 15 is 0 Å². The highest BCUT2D eigenvalue weighted by atomic mass is 19.4. The smallest absolute Gasteiger partial charge is 0.377 e. The molecule has 0 spiro atoms. The van der Waals surface area contributed by atoms with Crippen molar-refractivity contribution >= 4 is 34.4 Å². The van der Waals surface area contributed by atoms with Gasteiger partial charge >= 0.3 is 12.2 Å². The third-order valence-corrected chi connectivity index (χ3v) is 6.48. The molecule has 2 amide bonds. The predicted molar refractivity (Wildman–Crippen MR) is 132 cm³/mol. The summed E-state index contributed by atoms with van der Waals surface area (Å²) in [5.74, 6) is 0.683. The van der Waals surface area contributed by atoms with Crippen LogP contribution in [0.4, 0.5) is 35.2 Å². The van der Waals surface area contributed by atoms with Gasteiger partial charge in [-0.15, -0.1) is 5.10 Å². The van der Waals surface area contributed by atoms with Gasteiger partial charge in [0, 0.05) is 17.4 Å². The van der Waals surface area contributed by atoms with Crippen LogP contribution in [0.1, 0.15) is 12.8 Å². The van der Waals surface area contributed by atoms with E-state index in [4.69, 9.17) is 9.72 Å². The van der Waals surface area contributed by atoms with E-state index in [-0.39, 0.29) is 29.1 Å². The van der Waals surface area contributed by atoms with Crippen molar-refractivity contribution in [2.75, 3.05) is 28.7 Å². The Kier molecular flexibility index (Phi) is 6.02. The molecule has 0 saturated carbocycles. The largest absolute Gasteiger partial charge is 0.408 e. The first-order chi connectivity index (χ1) is 18.3. The Bertz CT molecular complexity index is 1450. The molecule has 2 aliphatic rings. The van der Waals surface area contributed by atoms with E-state index in [1.807, 2.05) is 0 Å². The third-order valence-electron chi connectivity index (χ3n) is 6.48. The van der Waals surface area contributed by atoms with E-state index in [9.17, 15) is 18.0 Å². The number of halogens is 3. The molecule has 2 saturated heterocycles. The minimum atomic E-state index is -4.49. The van der Waals surface area contributed by atoms with Gasteiger partial charge < -0.3 is 20.3 Å². The number of alkyl halides is 3. The molecule has 1 aromatic carbocycles. The van der Waals surface area contributed by atoms with Crippen LogP contribution in [0.3, 0.4) is 0 Å². The summed E-state index contributed by atoms with van der Waals surface area (Å²) >= 11 is 0. The number of rotatable bonds is 5. The first-order valence-electron chi connectivity index (χ1n) is 12.0. The van der Waals surface area contributed by atoms with Gasteiger partial charge in [-0.3, -0.25) is 4.98 Å². The normalized spacial score (nSPS) is 19.1. The van der Waals surface area contributed by atoms with Crippen LogP contribution in [0.25, 0.3) is 22.6 Å². The molecule has 0 unspecified atom stereocenters. The average molecular weight is 525 g/mol. The highest BCUT2D eigenvalue weighted by Crippen LogP contribution is 2.37. The number of amides is 2. The summed E-state index contributed by atoms with van der Waals surface area (Å²) in [4.78, 5) is 27.5. The van der Waals surface area contributed by atoms with Gasteiger partial charge in [-0.05, 0) is 49.2 Å². The van der Waals surface area contributed by atoms with Gasteiger partial charge in [0.2, 0.25) is 0 Å². The number of anilines is 3. The number of nitrogens with zero attached hydrogens (tertiary/aromatic N) is 7. The van der Waals surface area contributed by atoms with Gasteiger partial charge in [0.25, 0.3) is 0 Å².